The number of para-hydroxylation sites is 1. The van der Waals surface area contributed by atoms with Crippen molar-refractivity contribution >= 4 is 57.0 Å². The number of anilines is 1. The number of hydrogen-bond acceptors (Lipinski definition) is 5. The lowest BCUT2D eigenvalue weighted by molar-refractivity contribution is -0.113. The molecule has 2 aromatic heterocycles. The zero-order valence-corrected chi connectivity index (χ0v) is 17.0. The van der Waals surface area contributed by atoms with Gasteiger partial charge in [-0.2, -0.15) is 0 Å². The molecule has 0 unspecified atom stereocenters. The number of furan rings is 1. The summed E-state index contributed by atoms with van der Waals surface area (Å²) in [6.07, 6.45) is 0.705. The van der Waals surface area contributed by atoms with Crippen LogP contribution < -0.4 is 5.32 Å². The van der Waals surface area contributed by atoms with Crippen LogP contribution in [-0.2, 0) is 11.2 Å². The Kier molecular flexibility index (Phi) is 5.24. The molecule has 28 heavy (non-hydrogen) atoms. The van der Waals surface area contributed by atoms with Crippen molar-refractivity contribution in [2.75, 3.05) is 11.1 Å². The molecule has 0 aliphatic heterocycles. The van der Waals surface area contributed by atoms with E-state index >= 15 is 0 Å². The molecule has 0 bridgehead atoms. The smallest absolute Gasteiger partial charge is 0.234 e. The second-order valence-corrected chi connectivity index (χ2v) is 7.69. The summed E-state index contributed by atoms with van der Waals surface area (Å²) in [5.41, 5.74) is 3.73. The Labute approximate surface area is 171 Å². The van der Waals surface area contributed by atoms with Crippen LogP contribution in [0.1, 0.15) is 18.3 Å². The van der Waals surface area contributed by atoms with E-state index in [1.807, 2.05) is 50.2 Å². The third kappa shape index (κ3) is 3.57. The Balaban J connectivity index is 1.60. The van der Waals surface area contributed by atoms with Crippen LogP contribution in [0, 0.1) is 6.92 Å². The van der Waals surface area contributed by atoms with Crippen molar-refractivity contribution < 1.29 is 9.21 Å². The van der Waals surface area contributed by atoms with Crippen LogP contribution in [-0.4, -0.2) is 21.6 Å². The van der Waals surface area contributed by atoms with E-state index in [1.54, 1.807) is 6.07 Å². The van der Waals surface area contributed by atoms with Gasteiger partial charge in [0, 0.05) is 22.5 Å². The van der Waals surface area contributed by atoms with Gasteiger partial charge in [0.2, 0.25) is 5.91 Å². The van der Waals surface area contributed by atoms with Crippen LogP contribution in [0.3, 0.4) is 0 Å². The fourth-order valence-electron chi connectivity index (χ4n) is 2.93. The molecule has 0 saturated heterocycles. The average molecular weight is 412 g/mol. The van der Waals surface area contributed by atoms with Gasteiger partial charge in [-0.15, -0.1) is 0 Å². The largest absolute Gasteiger partial charge is 0.451 e. The number of carbonyl (C=O) groups is 1. The first kappa shape index (κ1) is 18.8. The maximum atomic E-state index is 12.5. The number of amides is 1. The highest BCUT2D eigenvalue weighted by Gasteiger charge is 2.17. The predicted octanol–water partition coefficient (Wildman–Crippen LogP) is 5.63. The van der Waals surface area contributed by atoms with Crippen LogP contribution in [0.2, 0.25) is 5.02 Å². The zero-order valence-electron chi connectivity index (χ0n) is 15.5. The van der Waals surface area contributed by atoms with E-state index in [0.29, 0.717) is 27.7 Å². The fourth-order valence-corrected chi connectivity index (χ4v) is 3.88. The van der Waals surface area contributed by atoms with Gasteiger partial charge in [-0.1, -0.05) is 48.5 Å². The lowest BCUT2D eigenvalue weighted by atomic mass is 10.2. The number of nitrogens with one attached hydrogen (secondary N) is 1. The van der Waals surface area contributed by atoms with Crippen molar-refractivity contribution in [2.45, 2.75) is 25.3 Å². The van der Waals surface area contributed by atoms with E-state index in [9.17, 15) is 4.79 Å². The molecule has 2 heterocycles. The number of fused-ring (bicyclic) bond motifs is 3. The van der Waals surface area contributed by atoms with E-state index in [-0.39, 0.29) is 11.7 Å². The van der Waals surface area contributed by atoms with Gasteiger partial charge in [0.15, 0.2) is 5.58 Å². The monoisotopic (exact) mass is 411 g/mol. The van der Waals surface area contributed by atoms with E-state index in [4.69, 9.17) is 16.0 Å². The number of hydrogen-bond donors (Lipinski definition) is 1. The predicted molar refractivity (Wildman–Crippen MR) is 114 cm³/mol. The number of halogens is 1. The Hall–Kier alpha value is -2.57. The molecule has 1 amide bonds. The summed E-state index contributed by atoms with van der Waals surface area (Å²) < 4.78 is 5.97. The highest BCUT2D eigenvalue weighted by Crippen LogP contribution is 2.33. The molecule has 0 atom stereocenters. The number of thioether (sulfide) groups is 1. The van der Waals surface area contributed by atoms with Crippen LogP contribution in [0.15, 0.2) is 51.9 Å². The molecule has 1 N–H and O–H groups in total. The lowest BCUT2D eigenvalue weighted by Gasteiger charge is -2.09. The van der Waals surface area contributed by atoms with Gasteiger partial charge < -0.3 is 9.73 Å². The molecule has 0 spiro atoms. The maximum Gasteiger partial charge on any atom is 0.234 e. The third-order valence-electron chi connectivity index (χ3n) is 4.43. The van der Waals surface area contributed by atoms with Gasteiger partial charge in [-0.3, -0.25) is 4.79 Å². The Morgan fingerprint density at radius 2 is 2.00 bits per heavy atom. The van der Waals surface area contributed by atoms with Crippen LogP contribution in [0.25, 0.3) is 22.1 Å². The first-order valence-corrected chi connectivity index (χ1v) is 10.3. The number of nitrogens with zero attached hydrogens (tertiary/aromatic N) is 2. The Bertz CT molecular complexity index is 1190. The summed E-state index contributed by atoms with van der Waals surface area (Å²) in [4.78, 5) is 21.7. The van der Waals surface area contributed by atoms with E-state index in [1.165, 1.54) is 11.8 Å². The summed E-state index contributed by atoms with van der Waals surface area (Å²) in [5.74, 6) is 0.807. The molecule has 0 fully saturated rings. The van der Waals surface area contributed by atoms with Crippen molar-refractivity contribution in [1.29, 1.82) is 0 Å². The van der Waals surface area contributed by atoms with Gasteiger partial charge in [-0.25, -0.2) is 9.97 Å². The van der Waals surface area contributed by atoms with Gasteiger partial charge in [-0.05, 0) is 36.8 Å². The average Bonchev–Trinajstić information content (AvgIpc) is 3.08. The van der Waals surface area contributed by atoms with Crippen molar-refractivity contribution in [3.05, 3.63) is 58.9 Å². The standard InChI is InChI=1S/C21H18ClN3O2S/c1-3-17-24-19-13-7-4-5-10-16(13)27-20(19)21(25-17)28-11-18(26)23-15-9-6-8-14(22)12(15)2/h4-10H,3,11H2,1-2H3,(H,23,26). The van der Waals surface area contributed by atoms with E-state index in [2.05, 4.69) is 15.3 Å². The Morgan fingerprint density at radius 1 is 1.18 bits per heavy atom. The number of aromatic nitrogens is 2. The highest BCUT2D eigenvalue weighted by atomic mass is 35.5. The van der Waals surface area contributed by atoms with E-state index < -0.39 is 0 Å². The molecule has 4 rings (SSSR count). The van der Waals surface area contributed by atoms with Crippen molar-refractivity contribution in [3.8, 4) is 0 Å². The first-order chi connectivity index (χ1) is 13.6. The maximum absolute atomic E-state index is 12.5. The molecule has 0 aliphatic rings. The summed E-state index contributed by atoms with van der Waals surface area (Å²) in [6, 6.07) is 13.2. The number of rotatable bonds is 5. The minimum atomic E-state index is -0.128. The SMILES string of the molecule is CCc1nc(SCC(=O)Nc2cccc(Cl)c2C)c2oc3ccccc3c2n1. The molecule has 7 heteroatoms. The molecule has 0 radical (unpaired) electrons. The van der Waals surface area contributed by atoms with Crippen LogP contribution >= 0.6 is 23.4 Å². The second kappa shape index (κ2) is 7.81. The van der Waals surface area contributed by atoms with E-state index in [0.717, 1.165) is 27.9 Å². The quantitative estimate of drug-likeness (QED) is 0.340. The van der Waals surface area contributed by atoms with Crippen LogP contribution in [0.5, 0.6) is 0 Å². The fraction of sp³-hybridized carbons (Fsp3) is 0.190. The molecule has 4 aromatic rings. The number of benzene rings is 2. The van der Waals surface area contributed by atoms with Gasteiger partial charge in [0.1, 0.15) is 22.0 Å². The minimum absolute atomic E-state index is 0.128. The topological polar surface area (TPSA) is 68.0 Å². The zero-order chi connectivity index (χ0) is 19.7. The van der Waals surface area contributed by atoms with Crippen molar-refractivity contribution in [3.63, 3.8) is 0 Å². The van der Waals surface area contributed by atoms with Crippen LogP contribution in [0.4, 0.5) is 5.69 Å². The molecule has 2 aromatic carbocycles. The van der Waals surface area contributed by atoms with Crippen molar-refractivity contribution in [1.82, 2.24) is 9.97 Å². The minimum Gasteiger partial charge on any atom is -0.451 e. The summed E-state index contributed by atoms with van der Waals surface area (Å²) >= 11 is 7.46. The highest BCUT2D eigenvalue weighted by molar-refractivity contribution is 8.00. The Morgan fingerprint density at radius 3 is 2.82 bits per heavy atom. The summed E-state index contributed by atoms with van der Waals surface area (Å²) in [7, 11) is 0. The summed E-state index contributed by atoms with van der Waals surface area (Å²) in [5, 5.41) is 5.16. The summed E-state index contributed by atoms with van der Waals surface area (Å²) in [6.45, 7) is 3.88. The molecule has 142 valence electrons. The lowest BCUT2D eigenvalue weighted by Crippen LogP contribution is -2.15. The van der Waals surface area contributed by atoms with Gasteiger partial charge >= 0.3 is 0 Å². The normalized spacial score (nSPS) is 11.2. The van der Waals surface area contributed by atoms with Gasteiger partial charge in [0.25, 0.3) is 0 Å². The molecule has 0 saturated carbocycles. The molecule has 0 aliphatic carbocycles. The second-order valence-electron chi connectivity index (χ2n) is 6.32. The van der Waals surface area contributed by atoms with Gasteiger partial charge in [0.05, 0.1) is 5.75 Å². The molecule has 5 nitrogen and oxygen atoms in total. The number of carbonyl (C=O) groups excluding carboxylic acids is 1. The number of aryl methyl sites for hydroxylation is 1. The first-order valence-electron chi connectivity index (χ1n) is 8.92. The van der Waals surface area contributed by atoms with Crippen molar-refractivity contribution in [2.24, 2.45) is 0 Å². The third-order valence-corrected chi connectivity index (χ3v) is 5.80. The molecular formula is C21H18ClN3O2S. The molecular weight excluding hydrogens is 394 g/mol.